The first kappa shape index (κ1) is 9.93. The van der Waals surface area contributed by atoms with Crippen molar-refractivity contribution in [2.24, 2.45) is 0 Å². The van der Waals surface area contributed by atoms with Crippen LogP contribution in [0.15, 0.2) is 18.2 Å². The molecule has 0 aliphatic carbocycles. The van der Waals surface area contributed by atoms with Gasteiger partial charge >= 0.3 is 0 Å². The van der Waals surface area contributed by atoms with Gasteiger partial charge in [-0.05, 0) is 12.1 Å². The Morgan fingerprint density at radius 3 is 2.71 bits per heavy atom. The highest BCUT2D eigenvalue weighted by molar-refractivity contribution is 7.85. The van der Waals surface area contributed by atoms with Crippen LogP contribution in [-0.4, -0.2) is 33.8 Å². The molecule has 1 fully saturated rings. The summed E-state index contributed by atoms with van der Waals surface area (Å²) in [6.45, 7) is 1.61. The van der Waals surface area contributed by atoms with Crippen LogP contribution in [0.25, 0.3) is 0 Å². The first-order chi connectivity index (χ1) is 6.75. The molecule has 1 aliphatic rings. The summed E-state index contributed by atoms with van der Waals surface area (Å²) in [4.78, 5) is 6.33. The van der Waals surface area contributed by atoms with Gasteiger partial charge in [0.2, 0.25) is 0 Å². The number of hydrogen-bond acceptors (Lipinski definition) is 3. The van der Waals surface area contributed by atoms with Crippen molar-refractivity contribution in [2.75, 3.05) is 29.5 Å². The summed E-state index contributed by atoms with van der Waals surface area (Å²) < 4.78 is 11.1. The Morgan fingerprint density at radius 2 is 2.07 bits per heavy atom. The highest BCUT2D eigenvalue weighted by atomic mass is 35.5. The molecule has 0 aromatic carbocycles. The molecule has 0 bridgehead atoms. The fourth-order valence-electron chi connectivity index (χ4n) is 1.44. The number of aromatic nitrogens is 1. The van der Waals surface area contributed by atoms with Crippen LogP contribution in [0.5, 0.6) is 0 Å². The molecule has 1 aliphatic heterocycles. The van der Waals surface area contributed by atoms with Crippen LogP contribution >= 0.6 is 11.6 Å². The van der Waals surface area contributed by atoms with E-state index >= 15 is 0 Å². The summed E-state index contributed by atoms with van der Waals surface area (Å²) in [6.07, 6.45) is 0. The molecule has 1 saturated heterocycles. The van der Waals surface area contributed by atoms with Gasteiger partial charge in [0.05, 0.1) is 0 Å². The molecule has 0 spiro atoms. The van der Waals surface area contributed by atoms with Crippen LogP contribution in [-0.2, 0) is 10.8 Å². The SMILES string of the molecule is O=S1CCN(c2cccc(Cl)n2)CC1. The van der Waals surface area contributed by atoms with E-state index < -0.39 is 10.8 Å². The van der Waals surface area contributed by atoms with Gasteiger partial charge in [0.15, 0.2) is 0 Å². The molecule has 5 heteroatoms. The maximum absolute atomic E-state index is 11.1. The summed E-state index contributed by atoms with van der Waals surface area (Å²) in [5, 5.41) is 0.509. The van der Waals surface area contributed by atoms with Crippen LogP contribution < -0.4 is 4.90 Å². The average Bonchev–Trinajstić information content (AvgIpc) is 2.19. The van der Waals surface area contributed by atoms with Gasteiger partial charge in [-0.25, -0.2) is 4.98 Å². The number of pyridine rings is 1. The molecule has 2 rings (SSSR count). The summed E-state index contributed by atoms with van der Waals surface area (Å²) in [5.41, 5.74) is 0. The van der Waals surface area contributed by atoms with Crippen molar-refractivity contribution in [3.05, 3.63) is 23.4 Å². The summed E-state index contributed by atoms with van der Waals surface area (Å²) in [6, 6.07) is 5.57. The predicted molar refractivity (Wildman–Crippen MR) is 59.3 cm³/mol. The second kappa shape index (κ2) is 4.28. The van der Waals surface area contributed by atoms with E-state index in [0.717, 1.165) is 30.4 Å². The lowest BCUT2D eigenvalue weighted by Crippen LogP contribution is -2.38. The summed E-state index contributed by atoms with van der Waals surface area (Å²) in [5.74, 6) is 2.34. The van der Waals surface area contributed by atoms with Gasteiger partial charge in [0, 0.05) is 35.4 Å². The Balaban J connectivity index is 2.12. The van der Waals surface area contributed by atoms with Crippen LogP contribution in [0.4, 0.5) is 5.82 Å². The molecule has 14 heavy (non-hydrogen) atoms. The standard InChI is InChI=1S/C9H11ClN2OS/c10-8-2-1-3-9(11-8)12-4-6-14(13)7-5-12/h1-3H,4-7H2. The van der Waals surface area contributed by atoms with Crippen LogP contribution in [0.3, 0.4) is 0 Å². The first-order valence-corrected chi connectivity index (χ1v) is 6.35. The molecule has 3 nitrogen and oxygen atoms in total. The van der Waals surface area contributed by atoms with Crippen LogP contribution in [0.2, 0.25) is 5.15 Å². The Hall–Kier alpha value is -0.610. The van der Waals surface area contributed by atoms with E-state index in [-0.39, 0.29) is 0 Å². The van der Waals surface area contributed by atoms with Crippen molar-refractivity contribution in [3.8, 4) is 0 Å². The zero-order valence-electron chi connectivity index (χ0n) is 7.65. The van der Waals surface area contributed by atoms with E-state index in [1.165, 1.54) is 0 Å². The summed E-state index contributed by atoms with van der Waals surface area (Å²) in [7, 11) is -0.642. The lowest BCUT2D eigenvalue weighted by Gasteiger charge is -2.27. The van der Waals surface area contributed by atoms with Gasteiger partial charge in [0.25, 0.3) is 0 Å². The van der Waals surface area contributed by atoms with Crippen LogP contribution in [0.1, 0.15) is 0 Å². The fraction of sp³-hybridized carbons (Fsp3) is 0.444. The molecule has 76 valence electrons. The Labute approximate surface area is 90.5 Å². The van der Waals surface area contributed by atoms with Gasteiger partial charge in [-0.3, -0.25) is 4.21 Å². The highest BCUT2D eigenvalue weighted by Gasteiger charge is 2.16. The van der Waals surface area contributed by atoms with Crippen molar-refractivity contribution in [1.29, 1.82) is 0 Å². The van der Waals surface area contributed by atoms with Crippen molar-refractivity contribution in [1.82, 2.24) is 4.98 Å². The zero-order chi connectivity index (χ0) is 9.97. The normalized spacial score (nSPS) is 18.5. The number of halogens is 1. The number of anilines is 1. The smallest absolute Gasteiger partial charge is 0.131 e. The van der Waals surface area contributed by atoms with E-state index in [0.29, 0.717) is 5.15 Å². The summed E-state index contributed by atoms with van der Waals surface area (Å²) >= 11 is 5.79. The lowest BCUT2D eigenvalue weighted by molar-refractivity contribution is 0.672. The Kier molecular flexibility index (Phi) is 3.03. The molecular formula is C9H11ClN2OS. The zero-order valence-corrected chi connectivity index (χ0v) is 9.22. The van der Waals surface area contributed by atoms with Gasteiger partial charge < -0.3 is 4.90 Å². The van der Waals surface area contributed by atoms with Crippen LogP contribution in [0, 0.1) is 0 Å². The molecule has 1 aromatic heterocycles. The van der Waals surface area contributed by atoms with Crippen molar-refractivity contribution >= 4 is 28.2 Å². The number of nitrogens with zero attached hydrogens (tertiary/aromatic N) is 2. The largest absolute Gasteiger partial charge is 0.355 e. The maximum atomic E-state index is 11.1. The second-order valence-corrected chi connectivity index (χ2v) is 5.24. The molecule has 0 saturated carbocycles. The molecule has 0 radical (unpaired) electrons. The molecule has 1 aromatic rings. The average molecular weight is 231 g/mol. The minimum Gasteiger partial charge on any atom is -0.355 e. The monoisotopic (exact) mass is 230 g/mol. The van der Waals surface area contributed by atoms with Gasteiger partial charge in [0.1, 0.15) is 11.0 Å². The highest BCUT2D eigenvalue weighted by Crippen LogP contribution is 2.15. The molecular weight excluding hydrogens is 220 g/mol. The Morgan fingerprint density at radius 1 is 1.36 bits per heavy atom. The third kappa shape index (κ3) is 2.25. The number of hydrogen-bond donors (Lipinski definition) is 0. The van der Waals surface area contributed by atoms with Crippen molar-refractivity contribution in [3.63, 3.8) is 0 Å². The molecule has 0 N–H and O–H groups in total. The van der Waals surface area contributed by atoms with Gasteiger partial charge in [-0.2, -0.15) is 0 Å². The predicted octanol–water partition coefficient (Wildman–Crippen LogP) is 1.30. The van der Waals surface area contributed by atoms with E-state index in [9.17, 15) is 4.21 Å². The second-order valence-electron chi connectivity index (χ2n) is 3.15. The fourth-order valence-corrected chi connectivity index (χ4v) is 2.65. The molecule has 0 amide bonds. The minimum atomic E-state index is -0.642. The third-order valence-electron chi connectivity index (χ3n) is 2.20. The molecule has 2 heterocycles. The Bertz CT molecular complexity index is 348. The van der Waals surface area contributed by atoms with Gasteiger partial charge in [-0.15, -0.1) is 0 Å². The number of rotatable bonds is 1. The van der Waals surface area contributed by atoms with E-state index in [1.54, 1.807) is 6.07 Å². The minimum absolute atomic E-state index is 0.509. The van der Waals surface area contributed by atoms with Gasteiger partial charge in [-0.1, -0.05) is 17.7 Å². The molecule has 0 unspecified atom stereocenters. The third-order valence-corrected chi connectivity index (χ3v) is 3.69. The van der Waals surface area contributed by atoms with E-state index in [1.807, 2.05) is 12.1 Å². The first-order valence-electron chi connectivity index (χ1n) is 4.48. The van der Waals surface area contributed by atoms with E-state index in [2.05, 4.69) is 9.88 Å². The molecule has 0 atom stereocenters. The lowest BCUT2D eigenvalue weighted by atomic mass is 10.4. The van der Waals surface area contributed by atoms with Crippen molar-refractivity contribution < 1.29 is 4.21 Å². The quantitative estimate of drug-likeness (QED) is 0.682. The van der Waals surface area contributed by atoms with Crippen molar-refractivity contribution in [2.45, 2.75) is 0 Å². The maximum Gasteiger partial charge on any atom is 0.131 e. The van der Waals surface area contributed by atoms with E-state index in [4.69, 9.17) is 11.6 Å². The topological polar surface area (TPSA) is 33.2 Å².